The fourth-order valence-electron chi connectivity index (χ4n) is 2.59. The number of carbonyl (C=O) groups is 1. The van der Waals surface area contributed by atoms with Crippen LogP contribution in [0.3, 0.4) is 0 Å². The van der Waals surface area contributed by atoms with E-state index in [9.17, 15) is 4.79 Å². The van der Waals surface area contributed by atoms with Crippen LogP contribution < -0.4 is 10.1 Å². The summed E-state index contributed by atoms with van der Waals surface area (Å²) in [5, 5.41) is 7.76. The van der Waals surface area contributed by atoms with Gasteiger partial charge in [0.25, 0.3) is 5.91 Å². The molecule has 25 heavy (non-hydrogen) atoms. The van der Waals surface area contributed by atoms with Gasteiger partial charge in [0.05, 0.1) is 11.3 Å². The SMILES string of the molecule is O=C(Nc1ccn(-c2ccccc2)n1)C1=Cc2cc(Cl)ccc2OC1. The normalized spacial score (nSPS) is 12.8. The first-order chi connectivity index (χ1) is 12.2. The van der Waals surface area contributed by atoms with Crippen molar-refractivity contribution in [3.05, 3.63) is 77.0 Å². The summed E-state index contributed by atoms with van der Waals surface area (Å²) in [7, 11) is 0. The molecule has 1 amide bonds. The number of nitrogens with one attached hydrogen (secondary N) is 1. The molecule has 6 heteroatoms. The van der Waals surface area contributed by atoms with E-state index in [4.69, 9.17) is 16.3 Å². The quantitative estimate of drug-likeness (QED) is 0.777. The number of aromatic nitrogens is 2. The minimum atomic E-state index is -0.246. The third-order valence-electron chi connectivity index (χ3n) is 3.83. The Morgan fingerprint density at radius 3 is 2.84 bits per heavy atom. The van der Waals surface area contributed by atoms with E-state index in [1.54, 1.807) is 41.2 Å². The van der Waals surface area contributed by atoms with Crippen molar-refractivity contribution in [2.75, 3.05) is 11.9 Å². The molecule has 5 nitrogen and oxygen atoms in total. The molecule has 0 radical (unpaired) electrons. The number of fused-ring (bicyclic) bond motifs is 1. The van der Waals surface area contributed by atoms with Gasteiger partial charge in [-0.2, -0.15) is 5.10 Å². The van der Waals surface area contributed by atoms with E-state index in [-0.39, 0.29) is 12.5 Å². The maximum Gasteiger partial charge on any atom is 0.256 e. The lowest BCUT2D eigenvalue weighted by Gasteiger charge is -2.17. The first kappa shape index (κ1) is 15.5. The largest absolute Gasteiger partial charge is 0.488 e. The van der Waals surface area contributed by atoms with Gasteiger partial charge in [-0.3, -0.25) is 4.79 Å². The first-order valence-corrected chi connectivity index (χ1v) is 8.12. The monoisotopic (exact) mass is 351 g/mol. The average molecular weight is 352 g/mol. The molecule has 124 valence electrons. The lowest BCUT2D eigenvalue weighted by atomic mass is 10.1. The number of anilines is 1. The minimum absolute atomic E-state index is 0.208. The Balaban J connectivity index is 1.52. The van der Waals surface area contributed by atoms with Crippen LogP contribution in [-0.2, 0) is 4.79 Å². The average Bonchev–Trinajstić information content (AvgIpc) is 3.10. The first-order valence-electron chi connectivity index (χ1n) is 7.74. The Morgan fingerprint density at radius 1 is 1.16 bits per heavy atom. The van der Waals surface area contributed by atoms with E-state index in [1.165, 1.54) is 0 Å². The van der Waals surface area contributed by atoms with Crippen molar-refractivity contribution < 1.29 is 9.53 Å². The Labute approximate surface area is 149 Å². The van der Waals surface area contributed by atoms with E-state index < -0.39 is 0 Å². The van der Waals surface area contributed by atoms with E-state index >= 15 is 0 Å². The number of amides is 1. The van der Waals surface area contributed by atoms with Crippen molar-refractivity contribution in [2.45, 2.75) is 0 Å². The van der Waals surface area contributed by atoms with E-state index in [0.29, 0.717) is 22.2 Å². The lowest BCUT2D eigenvalue weighted by Crippen LogP contribution is -2.21. The molecule has 1 aliphatic heterocycles. The van der Waals surface area contributed by atoms with Crippen LogP contribution in [0, 0.1) is 0 Å². The Morgan fingerprint density at radius 2 is 2.00 bits per heavy atom. The molecule has 0 fully saturated rings. The summed E-state index contributed by atoms with van der Waals surface area (Å²) < 4.78 is 7.32. The molecule has 1 aliphatic rings. The van der Waals surface area contributed by atoms with Gasteiger partial charge < -0.3 is 10.1 Å². The summed E-state index contributed by atoms with van der Waals surface area (Å²) in [5.74, 6) is 0.949. The van der Waals surface area contributed by atoms with Crippen LogP contribution >= 0.6 is 11.6 Å². The second-order valence-electron chi connectivity index (χ2n) is 5.58. The van der Waals surface area contributed by atoms with Gasteiger partial charge in [-0.1, -0.05) is 29.8 Å². The lowest BCUT2D eigenvalue weighted by molar-refractivity contribution is -0.113. The number of ether oxygens (including phenoxy) is 1. The third kappa shape index (κ3) is 3.27. The topological polar surface area (TPSA) is 56.2 Å². The zero-order valence-corrected chi connectivity index (χ0v) is 13.9. The number of nitrogens with zero attached hydrogens (tertiary/aromatic N) is 2. The summed E-state index contributed by atoms with van der Waals surface area (Å²) >= 11 is 6.00. The van der Waals surface area contributed by atoms with E-state index in [2.05, 4.69) is 10.4 Å². The fraction of sp³-hybridized carbons (Fsp3) is 0.0526. The molecular weight excluding hydrogens is 338 g/mol. The Hall–Kier alpha value is -3.05. The molecule has 0 saturated heterocycles. The van der Waals surface area contributed by atoms with Crippen molar-refractivity contribution >= 4 is 29.4 Å². The predicted molar refractivity (Wildman–Crippen MR) is 97.1 cm³/mol. The van der Waals surface area contributed by atoms with Gasteiger partial charge >= 0.3 is 0 Å². The highest BCUT2D eigenvalue weighted by Gasteiger charge is 2.18. The molecule has 0 spiro atoms. The van der Waals surface area contributed by atoms with Gasteiger partial charge in [0.15, 0.2) is 5.82 Å². The van der Waals surface area contributed by atoms with Gasteiger partial charge in [-0.15, -0.1) is 0 Å². The number of benzene rings is 2. The maximum absolute atomic E-state index is 12.5. The molecule has 0 bridgehead atoms. The highest BCUT2D eigenvalue weighted by Crippen LogP contribution is 2.29. The van der Waals surface area contributed by atoms with Crippen LogP contribution in [0.1, 0.15) is 5.56 Å². The molecule has 0 atom stereocenters. The molecular formula is C19H14ClN3O2. The highest BCUT2D eigenvalue weighted by molar-refractivity contribution is 6.30. The number of halogens is 1. The molecule has 2 aromatic carbocycles. The summed E-state index contributed by atoms with van der Waals surface area (Å²) in [5.41, 5.74) is 2.23. The van der Waals surface area contributed by atoms with Gasteiger partial charge in [0.2, 0.25) is 0 Å². The molecule has 2 heterocycles. The van der Waals surface area contributed by atoms with Crippen LogP contribution in [0.15, 0.2) is 66.4 Å². The zero-order valence-electron chi connectivity index (χ0n) is 13.1. The molecule has 1 aromatic heterocycles. The molecule has 0 saturated carbocycles. The molecule has 4 rings (SSSR count). The van der Waals surface area contributed by atoms with Crippen LogP contribution in [0.2, 0.25) is 5.02 Å². The van der Waals surface area contributed by atoms with Crippen LogP contribution in [0.4, 0.5) is 5.82 Å². The van der Waals surface area contributed by atoms with E-state index in [1.807, 2.05) is 30.3 Å². The van der Waals surface area contributed by atoms with Crippen LogP contribution in [0.5, 0.6) is 5.75 Å². The minimum Gasteiger partial charge on any atom is -0.488 e. The predicted octanol–water partition coefficient (Wildman–Crippen LogP) is 3.94. The number of para-hydroxylation sites is 1. The van der Waals surface area contributed by atoms with Crippen LogP contribution in [-0.4, -0.2) is 22.3 Å². The molecule has 1 N–H and O–H groups in total. The van der Waals surface area contributed by atoms with E-state index in [0.717, 1.165) is 11.3 Å². The summed E-state index contributed by atoms with van der Waals surface area (Å²) in [6, 6.07) is 16.8. The van der Waals surface area contributed by atoms with Crippen molar-refractivity contribution in [1.82, 2.24) is 9.78 Å². The second kappa shape index (κ2) is 6.45. The van der Waals surface area contributed by atoms with Crippen molar-refractivity contribution in [3.8, 4) is 11.4 Å². The standard InChI is InChI=1S/C19H14ClN3O2/c20-15-6-7-17-13(11-15)10-14(12-25-17)19(24)21-18-8-9-23(22-18)16-4-2-1-3-5-16/h1-11H,12H2,(H,21,22,24). The number of hydrogen-bond donors (Lipinski definition) is 1. The fourth-order valence-corrected chi connectivity index (χ4v) is 2.77. The third-order valence-corrected chi connectivity index (χ3v) is 4.06. The van der Waals surface area contributed by atoms with Gasteiger partial charge in [0, 0.05) is 22.8 Å². The Bertz CT molecular complexity index is 964. The zero-order chi connectivity index (χ0) is 17.2. The maximum atomic E-state index is 12.5. The molecule has 3 aromatic rings. The van der Waals surface area contributed by atoms with Gasteiger partial charge in [-0.25, -0.2) is 4.68 Å². The highest BCUT2D eigenvalue weighted by atomic mass is 35.5. The van der Waals surface area contributed by atoms with Crippen LogP contribution in [0.25, 0.3) is 11.8 Å². The summed E-state index contributed by atoms with van der Waals surface area (Å²) in [6.07, 6.45) is 3.58. The Kier molecular flexibility index (Phi) is 3.99. The number of rotatable bonds is 3. The van der Waals surface area contributed by atoms with Crippen molar-refractivity contribution in [1.29, 1.82) is 0 Å². The molecule has 0 unspecified atom stereocenters. The number of hydrogen-bond acceptors (Lipinski definition) is 3. The van der Waals surface area contributed by atoms with Gasteiger partial charge in [-0.05, 0) is 36.4 Å². The van der Waals surface area contributed by atoms with Gasteiger partial charge in [0.1, 0.15) is 12.4 Å². The number of carbonyl (C=O) groups excluding carboxylic acids is 1. The second-order valence-corrected chi connectivity index (χ2v) is 6.01. The molecule has 0 aliphatic carbocycles. The smallest absolute Gasteiger partial charge is 0.256 e. The summed E-state index contributed by atoms with van der Waals surface area (Å²) in [4.78, 5) is 12.5. The van der Waals surface area contributed by atoms with Crippen molar-refractivity contribution in [3.63, 3.8) is 0 Å². The van der Waals surface area contributed by atoms with Crippen molar-refractivity contribution in [2.24, 2.45) is 0 Å². The summed E-state index contributed by atoms with van der Waals surface area (Å²) in [6.45, 7) is 0.208.